The Hall–Kier alpha value is -0.770. The summed E-state index contributed by atoms with van der Waals surface area (Å²) in [5, 5.41) is 0. The van der Waals surface area contributed by atoms with Crippen LogP contribution in [0.3, 0.4) is 0 Å². The maximum atomic E-state index is 6.03. The molecular formula is C12H25N3O. The molecule has 1 saturated heterocycles. The second kappa shape index (κ2) is 4.62. The van der Waals surface area contributed by atoms with Crippen molar-refractivity contribution in [2.45, 2.75) is 51.7 Å². The van der Waals surface area contributed by atoms with Crippen LogP contribution in [-0.4, -0.2) is 42.2 Å². The summed E-state index contributed by atoms with van der Waals surface area (Å²) in [6.07, 6.45) is 2.19. The molecule has 0 aromatic carbocycles. The zero-order valence-electron chi connectivity index (χ0n) is 11.2. The van der Waals surface area contributed by atoms with Crippen molar-refractivity contribution in [3.8, 4) is 0 Å². The van der Waals surface area contributed by atoms with E-state index in [0.717, 1.165) is 25.9 Å². The lowest BCUT2D eigenvalue weighted by Gasteiger charge is -2.40. The molecule has 94 valence electrons. The normalized spacial score (nSPS) is 28.3. The van der Waals surface area contributed by atoms with Crippen molar-refractivity contribution < 1.29 is 4.74 Å². The SMILES string of the molecule is COC1(C)CCCN(C(N)=NC(C)(C)C)C1. The molecule has 0 amide bonds. The quantitative estimate of drug-likeness (QED) is 0.547. The Labute approximate surface area is 98.9 Å². The maximum absolute atomic E-state index is 6.03. The fourth-order valence-electron chi connectivity index (χ4n) is 1.98. The van der Waals surface area contributed by atoms with Crippen LogP contribution in [0.4, 0.5) is 0 Å². The zero-order chi connectivity index (χ0) is 12.4. The van der Waals surface area contributed by atoms with Crippen molar-refractivity contribution in [2.24, 2.45) is 10.7 Å². The third-order valence-corrected chi connectivity index (χ3v) is 2.93. The highest BCUT2D eigenvalue weighted by atomic mass is 16.5. The van der Waals surface area contributed by atoms with E-state index in [-0.39, 0.29) is 11.1 Å². The van der Waals surface area contributed by atoms with Gasteiger partial charge in [0.15, 0.2) is 5.96 Å². The fraction of sp³-hybridized carbons (Fsp3) is 0.917. The van der Waals surface area contributed by atoms with Gasteiger partial charge < -0.3 is 15.4 Å². The topological polar surface area (TPSA) is 50.9 Å². The number of hydrogen-bond donors (Lipinski definition) is 1. The monoisotopic (exact) mass is 227 g/mol. The Balaban J connectivity index is 2.71. The number of methoxy groups -OCH3 is 1. The maximum Gasteiger partial charge on any atom is 0.191 e. The van der Waals surface area contributed by atoms with Gasteiger partial charge in [0.1, 0.15) is 0 Å². The Kier molecular flexibility index (Phi) is 3.84. The van der Waals surface area contributed by atoms with Crippen LogP contribution in [0.5, 0.6) is 0 Å². The molecule has 1 heterocycles. The van der Waals surface area contributed by atoms with Gasteiger partial charge in [-0.25, -0.2) is 4.99 Å². The number of nitrogens with two attached hydrogens (primary N) is 1. The van der Waals surface area contributed by atoms with Gasteiger partial charge in [-0.3, -0.25) is 0 Å². The molecule has 0 aliphatic carbocycles. The average molecular weight is 227 g/mol. The summed E-state index contributed by atoms with van der Waals surface area (Å²) in [7, 11) is 1.76. The molecule has 1 aliphatic heterocycles. The largest absolute Gasteiger partial charge is 0.377 e. The number of nitrogens with zero attached hydrogens (tertiary/aromatic N) is 2. The molecule has 1 rings (SSSR count). The van der Waals surface area contributed by atoms with E-state index in [2.05, 4.69) is 37.6 Å². The molecule has 0 bridgehead atoms. The number of likely N-dealkylation sites (tertiary alicyclic amines) is 1. The molecule has 0 spiro atoms. The number of guanidine groups is 1. The molecule has 16 heavy (non-hydrogen) atoms. The Bertz CT molecular complexity index is 270. The number of hydrogen-bond acceptors (Lipinski definition) is 2. The van der Waals surface area contributed by atoms with Crippen molar-refractivity contribution in [1.29, 1.82) is 0 Å². The van der Waals surface area contributed by atoms with Crippen LogP contribution in [0.25, 0.3) is 0 Å². The molecule has 0 radical (unpaired) electrons. The fourth-order valence-corrected chi connectivity index (χ4v) is 1.98. The van der Waals surface area contributed by atoms with Crippen LogP contribution in [0.15, 0.2) is 4.99 Å². The van der Waals surface area contributed by atoms with E-state index in [4.69, 9.17) is 10.5 Å². The molecule has 1 fully saturated rings. The third kappa shape index (κ3) is 3.67. The van der Waals surface area contributed by atoms with Crippen LogP contribution in [-0.2, 0) is 4.74 Å². The zero-order valence-corrected chi connectivity index (χ0v) is 11.2. The van der Waals surface area contributed by atoms with Gasteiger partial charge in [0.25, 0.3) is 0 Å². The summed E-state index contributed by atoms with van der Waals surface area (Å²) in [6.45, 7) is 10.1. The van der Waals surface area contributed by atoms with Gasteiger partial charge >= 0.3 is 0 Å². The van der Waals surface area contributed by atoms with Crippen LogP contribution >= 0.6 is 0 Å². The summed E-state index contributed by atoms with van der Waals surface area (Å²) in [4.78, 5) is 6.62. The van der Waals surface area contributed by atoms with E-state index in [1.54, 1.807) is 7.11 Å². The standard InChI is InChI=1S/C12H25N3O/c1-11(2,3)14-10(13)15-8-6-7-12(4,9-15)16-5/h6-9H2,1-5H3,(H2,13,14). The van der Waals surface area contributed by atoms with Gasteiger partial charge in [-0.2, -0.15) is 0 Å². The smallest absolute Gasteiger partial charge is 0.191 e. The summed E-state index contributed by atoms with van der Waals surface area (Å²) < 4.78 is 5.54. The molecule has 0 saturated carbocycles. The van der Waals surface area contributed by atoms with E-state index in [1.807, 2.05) is 0 Å². The highest BCUT2D eigenvalue weighted by molar-refractivity contribution is 5.78. The summed E-state index contributed by atoms with van der Waals surface area (Å²) >= 11 is 0. The first-order valence-electron chi connectivity index (χ1n) is 5.91. The number of ether oxygens (including phenoxy) is 1. The van der Waals surface area contributed by atoms with E-state index >= 15 is 0 Å². The van der Waals surface area contributed by atoms with Gasteiger partial charge in [-0.15, -0.1) is 0 Å². The lowest BCUT2D eigenvalue weighted by atomic mass is 9.95. The molecule has 4 heteroatoms. The van der Waals surface area contributed by atoms with Gasteiger partial charge in [0.05, 0.1) is 11.1 Å². The molecular weight excluding hydrogens is 202 g/mol. The predicted molar refractivity (Wildman–Crippen MR) is 67.6 cm³/mol. The third-order valence-electron chi connectivity index (χ3n) is 2.93. The van der Waals surface area contributed by atoms with Gasteiger partial charge in [-0.05, 0) is 40.5 Å². The summed E-state index contributed by atoms with van der Waals surface area (Å²) in [6, 6.07) is 0. The predicted octanol–water partition coefficient (Wildman–Crippen LogP) is 1.60. The van der Waals surface area contributed by atoms with Crippen molar-refractivity contribution in [3.63, 3.8) is 0 Å². The van der Waals surface area contributed by atoms with E-state index in [0.29, 0.717) is 5.96 Å². The first-order valence-corrected chi connectivity index (χ1v) is 5.91. The molecule has 4 nitrogen and oxygen atoms in total. The number of rotatable bonds is 1. The summed E-state index contributed by atoms with van der Waals surface area (Å²) in [5.74, 6) is 0.635. The van der Waals surface area contributed by atoms with E-state index < -0.39 is 0 Å². The molecule has 0 aromatic rings. The van der Waals surface area contributed by atoms with Crippen LogP contribution in [0, 0.1) is 0 Å². The molecule has 1 aliphatic rings. The lowest BCUT2D eigenvalue weighted by molar-refractivity contribution is -0.0352. The molecule has 1 atom stereocenters. The van der Waals surface area contributed by atoms with Gasteiger partial charge in [0.2, 0.25) is 0 Å². The highest BCUT2D eigenvalue weighted by Gasteiger charge is 2.31. The van der Waals surface area contributed by atoms with Crippen molar-refractivity contribution in [1.82, 2.24) is 4.90 Å². The van der Waals surface area contributed by atoms with Crippen molar-refractivity contribution in [2.75, 3.05) is 20.2 Å². The Morgan fingerprint density at radius 1 is 1.44 bits per heavy atom. The van der Waals surface area contributed by atoms with Crippen LogP contribution in [0.2, 0.25) is 0 Å². The molecule has 1 unspecified atom stereocenters. The van der Waals surface area contributed by atoms with Gasteiger partial charge in [-0.1, -0.05) is 0 Å². The highest BCUT2D eigenvalue weighted by Crippen LogP contribution is 2.23. The number of piperidine rings is 1. The number of aliphatic imine (C=N–C) groups is 1. The molecule has 0 aromatic heterocycles. The second-order valence-electron chi connectivity index (χ2n) is 5.82. The van der Waals surface area contributed by atoms with Crippen LogP contribution < -0.4 is 5.73 Å². The molecule has 2 N–H and O–H groups in total. The minimum Gasteiger partial charge on any atom is -0.377 e. The first kappa shape index (κ1) is 13.3. The van der Waals surface area contributed by atoms with Gasteiger partial charge in [0, 0.05) is 20.2 Å². The van der Waals surface area contributed by atoms with Crippen LogP contribution in [0.1, 0.15) is 40.5 Å². The van der Waals surface area contributed by atoms with E-state index in [1.165, 1.54) is 0 Å². The average Bonchev–Trinajstić information content (AvgIpc) is 2.15. The van der Waals surface area contributed by atoms with E-state index in [9.17, 15) is 0 Å². The lowest BCUT2D eigenvalue weighted by Crippen LogP contribution is -2.52. The Morgan fingerprint density at radius 2 is 2.06 bits per heavy atom. The Morgan fingerprint density at radius 3 is 2.56 bits per heavy atom. The first-order chi connectivity index (χ1) is 7.26. The minimum absolute atomic E-state index is 0.0870. The summed E-state index contributed by atoms with van der Waals surface area (Å²) in [5.41, 5.74) is 5.82. The second-order valence-corrected chi connectivity index (χ2v) is 5.82. The minimum atomic E-state index is -0.120. The van der Waals surface area contributed by atoms with Crippen molar-refractivity contribution in [3.05, 3.63) is 0 Å². The van der Waals surface area contributed by atoms with Crippen molar-refractivity contribution >= 4 is 5.96 Å².